The molecule has 0 amide bonds. The van der Waals surface area contributed by atoms with Crippen molar-refractivity contribution in [2.24, 2.45) is 0 Å². The minimum atomic E-state index is -0.107. The molecule has 0 bridgehead atoms. The Balaban J connectivity index is 2.42. The lowest BCUT2D eigenvalue weighted by atomic mass is 10.0. The van der Waals surface area contributed by atoms with Crippen LogP contribution in [0.3, 0.4) is 0 Å². The minimum Gasteiger partial charge on any atom is -0.305 e. The fourth-order valence-electron chi connectivity index (χ4n) is 1.66. The molecule has 2 N–H and O–H groups in total. The van der Waals surface area contributed by atoms with E-state index in [0.29, 0.717) is 10.0 Å². The van der Waals surface area contributed by atoms with Gasteiger partial charge in [-0.15, -0.1) is 0 Å². The van der Waals surface area contributed by atoms with E-state index in [1.54, 1.807) is 18.3 Å². The first-order valence-electron chi connectivity index (χ1n) is 5.26. The van der Waals surface area contributed by atoms with E-state index in [-0.39, 0.29) is 6.04 Å². The number of H-pyrrole nitrogens is 1. The highest BCUT2D eigenvalue weighted by Gasteiger charge is 2.18. The first kappa shape index (κ1) is 12.4. The van der Waals surface area contributed by atoms with E-state index in [0.717, 1.165) is 17.8 Å². The van der Waals surface area contributed by atoms with Gasteiger partial charge in [-0.3, -0.25) is 0 Å². The lowest BCUT2D eigenvalue weighted by Crippen LogP contribution is -2.22. The molecule has 90 valence electrons. The number of hydrogen-bond acceptors (Lipinski definition) is 3. The van der Waals surface area contributed by atoms with E-state index < -0.39 is 0 Å². The summed E-state index contributed by atoms with van der Waals surface area (Å²) in [5.41, 5.74) is 1.69. The Morgan fingerprint density at radius 3 is 2.88 bits per heavy atom. The molecular formula is C11H12Cl2N4. The molecule has 0 fully saturated rings. The number of nitrogens with zero attached hydrogens (tertiary/aromatic N) is 2. The van der Waals surface area contributed by atoms with Crippen molar-refractivity contribution in [3.8, 4) is 0 Å². The maximum Gasteiger partial charge on any atom is 0.104 e. The summed E-state index contributed by atoms with van der Waals surface area (Å²) < 4.78 is 0. The standard InChI is InChI=1S/C11H12Cl2N4/c1-2-14-11(10-6-15-17-16-10)8-5-7(12)3-4-9(8)13/h3-6,11,14H,2H2,1H3,(H,15,16,17). The molecule has 0 aliphatic rings. The van der Waals surface area contributed by atoms with Crippen molar-refractivity contribution in [2.75, 3.05) is 6.54 Å². The summed E-state index contributed by atoms with van der Waals surface area (Å²) in [4.78, 5) is 0. The molecule has 0 spiro atoms. The second-order valence-corrected chi connectivity index (χ2v) is 4.40. The number of rotatable bonds is 4. The van der Waals surface area contributed by atoms with E-state index in [1.165, 1.54) is 0 Å². The number of aromatic nitrogens is 3. The summed E-state index contributed by atoms with van der Waals surface area (Å²) >= 11 is 12.2. The van der Waals surface area contributed by atoms with Gasteiger partial charge >= 0.3 is 0 Å². The van der Waals surface area contributed by atoms with Crippen LogP contribution in [0.15, 0.2) is 24.4 Å². The number of benzene rings is 1. The van der Waals surface area contributed by atoms with Gasteiger partial charge in [0.25, 0.3) is 0 Å². The number of halogens is 2. The van der Waals surface area contributed by atoms with Gasteiger partial charge in [-0.1, -0.05) is 30.1 Å². The molecule has 0 aliphatic carbocycles. The van der Waals surface area contributed by atoms with Crippen molar-refractivity contribution < 1.29 is 0 Å². The molecule has 1 atom stereocenters. The Morgan fingerprint density at radius 1 is 1.41 bits per heavy atom. The predicted octanol–water partition coefficient (Wildman–Crippen LogP) is 2.81. The van der Waals surface area contributed by atoms with Gasteiger partial charge < -0.3 is 5.32 Å². The first-order valence-corrected chi connectivity index (χ1v) is 6.02. The maximum atomic E-state index is 6.19. The van der Waals surface area contributed by atoms with Gasteiger partial charge in [-0.05, 0) is 30.3 Å². The smallest absolute Gasteiger partial charge is 0.104 e. The topological polar surface area (TPSA) is 53.6 Å². The molecule has 0 aliphatic heterocycles. The van der Waals surface area contributed by atoms with Gasteiger partial charge in [0, 0.05) is 10.0 Å². The molecule has 17 heavy (non-hydrogen) atoms. The molecule has 2 rings (SSSR count). The van der Waals surface area contributed by atoms with Crippen molar-refractivity contribution in [3.63, 3.8) is 0 Å². The van der Waals surface area contributed by atoms with E-state index in [1.807, 2.05) is 13.0 Å². The summed E-state index contributed by atoms with van der Waals surface area (Å²) in [6.45, 7) is 2.81. The number of aromatic amines is 1. The minimum absolute atomic E-state index is 0.107. The molecule has 0 saturated heterocycles. The van der Waals surface area contributed by atoms with Crippen LogP contribution in [0.4, 0.5) is 0 Å². The molecular weight excluding hydrogens is 259 g/mol. The number of hydrogen-bond donors (Lipinski definition) is 2. The van der Waals surface area contributed by atoms with Crippen molar-refractivity contribution in [1.29, 1.82) is 0 Å². The fourth-order valence-corrected chi connectivity index (χ4v) is 2.07. The van der Waals surface area contributed by atoms with Crippen molar-refractivity contribution >= 4 is 23.2 Å². The Kier molecular flexibility index (Phi) is 3.99. The highest BCUT2D eigenvalue weighted by atomic mass is 35.5. The zero-order valence-corrected chi connectivity index (χ0v) is 10.8. The summed E-state index contributed by atoms with van der Waals surface area (Å²) in [6.07, 6.45) is 1.67. The van der Waals surface area contributed by atoms with Gasteiger partial charge in [0.2, 0.25) is 0 Å². The van der Waals surface area contributed by atoms with E-state index in [9.17, 15) is 0 Å². The Bertz CT molecular complexity index is 484. The normalized spacial score (nSPS) is 12.6. The molecule has 0 radical (unpaired) electrons. The molecule has 2 aromatic rings. The lowest BCUT2D eigenvalue weighted by molar-refractivity contribution is 0.614. The van der Waals surface area contributed by atoms with Crippen LogP contribution in [-0.2, 0) is 0 Å². The lowest BCUT2D eigenvalue weighted by Gasteiger charge is -2.17. The van der Waals surface area contributed by atoms with Gasteiger partial charge in [0.05, 0.1) is 12.2 Å². The van der Waals surface area contributed by atoms with Crippen LogP contribution in [0.5, 0.6) is 0 Å². The van der Waals surface area contributed by atoms with Gasteiger partial charge in [-0.25, -0.2) is 0 Å². The van der Waals surface area contributed by atoms with Gasteiger partial charge in [-0.2, -0.15) is 15.4 Å². The van der Waals surface area contributed by atoms with Crippen molar-refractivity contribution in [2.45, 2.75) is 13.0 Å². The third-order valence-electron chi connectivity index (χ3n) is 2.41. The highest BCUT2D eigenvalue weighted by Crippen LogP contribution is 2.29. The molecule has 1 aromatic carbocycles. The number of nitrogens with one attached hydrogen (secondary N) is 2. The molecule has 1 heterocycles. The SMILES string of the molecule is CCNC(c1cn[nH]n1)c1cc(Cl)ccc1Cl. The van der Waals surface area contributed by atoms with Gasteiger partial charge in [0.15, 0.2) is 0 Å². The first-order chi connectivity index (χ1) is 8.22. The van der Waals surface area contributed by atoms with Crippen LogP contribution in [0.2, 0.25) is 10.0 Å². The van der Waals surface area contributed by atoms with Crippen LogP contribution in [0, 0.1) is 0 Å². The van der Waals surface area contributed by atoms with E-state index in [4.69, 9.17) is 23.2 Å². The summed E-state index contributed by atoms with van der Waals surface area (Å²) in [5, 5.41) is 15.1. The monoisotopic (exact) mass is 270 g/mol. The third kappa shape index (κ3) is 2.77. The molecule has 1 unspecified atom stereocenters. The largest absolute Gasteiger partial charge is 0.305 e. The molecule has 1 aromatic heterocycles. The maximum absolute atomic E-state index is 6.19. The van der Waals surface area contributed by atoms with Gasteiger partial charge in [0.1, 0.15) is 5.69 Å². The second kappa shape index (κ2) is 5.49. The third-order valence-corrected chi connectivity index (χ3v) is 2.99. The zero-order valence-electron chi connectivity index (χ0n) is 9.24. The summed E-state index contributed by atoms with van der Waals surface area (Å²) in [7, 11) is 0. The van der Waals surface area contributed by atoms with Crippen LogP contribution in [0.1, 0.15) is 24.2 Å². The van der Waals surface area contributed by atoms with Crippen molar-refractivity contribution in [3.05, 3.63) is 45.7 Å². The predicted molar refractivity (Wildman–Crippen MR) is 68.4 cm³/mol. The van der Waals surface area contributed by atoms with Crippen LogP contribution in [0.25, 0.3) is 0 Å². The van der Waals surface area contributed by atoms with E-state index in [2.05, 4.69) is 20.7 Å². The van der Waals surface area contributed by atoms with Crippen LogP contribution in [-0.4, -0.2) is 22.0 Å². The van der Waals surface area contributed by atoms with E-state index >= 15 is 0 Å². The molecule has 0 saturated carbocycles. The Labute approximate surface area is 109 Å². The van der Waals surface area contributed by atoms with Crippen LogP contribution >= 0.6 is 23.2 Å². The summed E-state index contributed by atoms with van der Waals surface area (Å²) in [6, 6.07) is 5.28. The molecule has 6 heteroatoms. The molecule has 4 nitrogen and oxygen atoms in total. The Morgan fingerprint density at radius 2 is 2.24 bits per heavy atom. The average molecular weight is 271 g/mol. The van der Waals surface area contributed by atoms with Crippen LogP contribution < -0.4 is 5.32 Å². The van der Waals surface area contributed by atoms with Crippen molar-refractivity contribution in [1.82, 2.24) is 20.7 Å². The second-order valence-electron chi connectivity index (χ2n) is 3.55. The fraction of sp³-hybridized carbons (Fsp3) is 0.273. The highest BCUT2D eigenvalue weighted by molar-refractivity contribution is 6.33. The summed E-state index contributed by atoms with van der Waals surface area (Å²) in [5.74, 6) is 0. The zero-order chi connectivity index (χ0) is 12.3. The quantitative estimate of drug-likeness (QED) is 0.899. The Hall–Kier alpha value is -1.10. The average Bonchev–Trinajstić information content (AvgIpc) is 2.83.